The number of hydrogen-bond donors (Lipinski definition) is 3. The van der Waals surface area contributed by atoms with Crippen LogP contribution in [-0.4, -0.2) is 12.0 Å². The summed E-state index contributed by atoms with van der Waals surface area (Å²) in [7, 11) is 0. The topological polar surface area (TPSA) is 79.0 Å². The van der Waals surface area contributed by atoms with E-state index in [0.29, 0.717) is 6.07 Å². The summed E-state index contributed by atoms with van der Waals surface area (Å²) in [6.45, 7) is 1.62. The fraction of sp³-hybridized carbons (Fsp3) is 0.167. The zero-order valence-corrected chi connectivity index (χ0v) is 9.76. The highest BCUT2D eigenvalue weighted by Crippen LogP contribution is 2.16. The minimum atomic E-state index is -0.828. The third-order valence-electron chi connectivity index (χ3n) is 2.26. The van der Waals surface area contributed by atoms with Gasteiger partial charge < -0.3 is 16.5 Å². The van der Waals surface area contributed by atoms with E-state index in [4.69, 9.17) is 11.1 Å². The zero-order valence-electron chi connectivity index (χ0n) is 9.76. The Morgan fingerprint density at radius 1 is 1.50 bits per heavy atom. The number of halogens is 2. The van der Waals surface area contributed by atoms with Crippen molar-refractivity contribution in [3.63, 3.8) is 0 Å². The van der Waals surface area contributed by atoms with Crippen LogP contribution in [0.1, 0.15) is 13.3 Å². The Kier molecular flexibility index (Phi) is 4.53. The van der Waals surface area contributed by atoms with Gasteiger partial charge in [0.05, 0.1) is 11.3 Å². The number of anilines is 1. The van der Waals surface area contributed by atoms with Gasteiger partial charge in [-0.3, -0.25) is 4.79 Å². The van der Waals surface area contributed by atoms with Crippen molar-refractivity contribution < 1.29 is 13.6 Å². The first-order chi connectivity index (χ1) is 8.49. The van der Waals surface area contributed by atoms with Gasteiger partial charge in [-0.2, -0.15) is 0 Å². The van der Waals surface area contributed by atoms with Crippen molar-refractivity contribution in [1.29, 1.82) is 5.41 Å². The van der Waals surface area contributed by atoms with Crippen molar-refractivity contribution >= 4 is 17.7 Å². The van der Waals surface area contributed by atoms with Crippen LogP contribution in [0.3, 0.4) is 0 Å². The van der Waals surface area contributed by atoms with Gasteiger partial charge in [-0.05, 0) is 12.1 Å². The molecule has 0 aliphatic carbocycles. The third kappa shape index (κ3) is 3.13. The van der Waals surface area contributed by atoms with Crippen molar-refractivity contribution in [2.75, 3.05) is 5.32 Å². The van der Waals surface area contributed by atoms with Crippen LogP contribution >= 0.6 is 0 Å². The lowest BCUT2D eigenvalue weighted by molar-refractivity contribution is -0.114. The van der Waals surface area contributed by atoms with Crippen LogP contribution in [0.4, 0.5) is 14.5 Å². The molecule has 0 fully saturated rings. The zero-order chi connectivity index (χ0) is 13.7. The SMILES string of the molecule is CCC(=O)/C(C=N)=C(\N)Nc1ccc(F)cc1F. The summed E-state index contributed by atoms with van der Waals surface area (Å²) in [5, 5.41) is 9.55. The van der Waals surface area contributed by atoms with Crippen LogP contribution in [0, 0.1) is 17.0 Å². The van der Waals surface area contributed by atoms with Crippen molar-refractivity contribution in [2.24, 2.45) is 5.73 Å². The molecule has 0 bridgehead atoms. The number of rotatable bonds is 5. The Labute approximate surface area is 103 Å². The van der Waals surface area contributed by atoms with Gasteiger partial charge in [0.15, 0.2) is 5.78 Å². The molecule has 4 N–H and O–H groups in total. The normalized spacial score (nSPS) is 11.7. The third-order valence-corrected chi connectivity index (χ3v) is 2.26. The number of allylic oxidation sites excluding steroid dienone is 1. The fourth-order valence-electron chi connectivity index (χ4n) is 1.30. The highest BCUT2D eigenvalue weighted by atomic mass is 19.1. The lowest BCUT2D eigenvalue weighted by atomic mass is 10.1. The molecular weight excluding hydrogens is 240 g/mol. The van der Waals surface area contributed by atoms with Crippen molar-refractivity contribution in [1.82, 2.24) is 0 Å². The second-order valence-electron chi connectivity index (χ2n) is 3.50. The maximum absolute atomic E-state index is 13.3. The average molecular weight is 253 g/mol. The standard InChI is InChI=1S/C12H13F2N3O/c1-2-11(18)8(6-15)12(16)17-10-4-3-7(13)5-9(10)14/h3-6,15,17H,2,16H2,1H3/b12-8+,15-6?. The van der Waals surface area contributed by atoms with Crippen molar-refractivity contribution in [3.8, 4) is 0 Å². The first-order valence-corrected chi connectivity index (χ1v) is 5.25. The molecular formula is C12H13F2N3O. The quantitative estimate of drug-likeness (QED) is 0.556. The molecule has 0 atom stereocenters. The molecule has 0 saturated heterocycles. The minimum Gasteiger partial charge on any atom is -0.385 e. The number of carbonyl (C=O) groups is 1. The van der Waals surface area contributed by atoms with E-state index in [-0.39, 0.29) is 29.3 Å². The number of hydrogen-bond acceptors (Lipinski definition) is 4. The molecule has 6 heteroatoms. The van der Waals surface area contributed by atoms with Gasteiger partial charge in [-0.25, -0.2) is 8.78 Å². The molecule has 96 valence electrons. The van der Waals surface area contributed by atoms with E-state index >= 15 is 0 Å². The number of ketones is 1. The Hall–Kier alpha value is -2.24. The van der Waals surface area contributed by atoms with E-state index in [2.05, 4.69) is 5.32 Å². The molecule has 0 unspecified atom stereocenters. The molecule has 0 radical (unpaired) electrons. The van der Waals surface area contributed by atoms with Crippen LogP contribution in [0.5, 0.6) is 0 Å². The van der Waals surface area contributed by atoms with Gasteiger partial charge in [0.2, 0.25) is 0 Å². The van der Waals surface area contributed by atoms with Crippen molar-refractivity contribution in [3.05, 3.63) is 41.2 Å². The predicted octanol–water partition coefficient (Wildman–Crippen LogP) is 2.18. The van der Waals surface area contributed by atoms with Gasteiger partial charge in [-0.1, -0.05) is 6.92 Å². The van der Waals surface area contributed by atoms with Gasteiger partial charge in [0.1, 0.15) is 17.5 Å². The van der Waals surface area contributed by atoms with Crippen LogP contribution in [0.2, 0.25) is 0 Å². The Bertz CT molecular complexity index is 512. The Balaban J connectivity index is 3.05. The fourth-order valence-corrected chi connectivity index (χ4v) is 1.30. The second-order valence-corrected chi connectivity index (χ2v) is 3.50. The number of carbonyl (C=O) groups excluding carboxylic acids is 1. The molecule has 0 amide bonds. The monoisotopic (exact) mass is 253 g/mol. The maximum atomic E-state index is 13.3. The Morgan fingerprint density at radius 3 is 2.67 bits per heavy atom. The number of nitrogens with one attached hydrogen (secondary N) is 2. The average Bonchev–Trinajstić information content (AvgIpc) is 2.33. The molecule has 18 heavy (non-hydrogen) atoms. The van der Waals surface area contributed by atoms with Crippen molar-refractivity contribution in [2.45, 2.75) is 13.3 Å². The molecule has 0 spiro atoms. The predicted molar refractivity (Wildman–Crippen MR) is 65.3 cm³/mol. The van der Waals surface area contributed by atoms with E-state index in [1.807, 2.05) is 0 Å². The van der Waals surface area contributed by atoms with Gasteiger partial charge in [0, 0.05) is 18.7 Å². The van der Waals surface area contributed by atoms with E-state index in [9.17, 15) is 13.6 Å². The molecule has 4 nitrogen and oxygen atoms in total. The van der Waals surface area contributed by atoms with E-state index < -0.39 is 11.6 Å². The largest absolute Gasteiger partial charge is 0.385 e. The molecule has 1 aromatic carbocycles. The minimum absolute atomic E-state index is 0.0405. The molecule has 0 aliphatic rings. The van der Waals surface area contributed by atoms with Gasteiger partial charge in [-0.15, -0.1) is 0 Å². The molecule has 0 saturated carbocycles. The van der Waals surface area contributed by atoms with Gasteiger partial charge >= 0.3 is 0 Å². The highest BCUT2D eigenvalue weighted by molar-refractivity contribution is 6.13. The summed E-state index contributed by atoms with van der Waals surface area (Å²) >= 11 is 0. The molecule has 1 aromatic rings. The van der Waals surface area contributed by atoms with Crippen LogP contribution < -0.4 is 11.1 Å². The molecule has 0 heterocycles. The lowest BCUT2D eigenvalue weighted by Crippen LogP contribution is -2.18. The summed E-state index contributed by atoms with van der Waals surface area (Å²) in [5.74, 6) is -2.01. The summed E-state index contributed by atoms with van der Waals surface area (Å²) in [6, 6.07) is 2.92. The van der Waals surface area contributed by atoms with Crippen LogP contribution in [-0.2, 0) is 4.79 Å². The first-order valence-electron chi connectivity index (χ1n) is 5.25. The Morgan fingerprint density at radius 2 is 2.17 bits per heavy atom. The van der Waals surface area contributed by atoms with E-state index in [0.717, 1.165) is 18.3 Å². The van der Waals surface area contributed by atoms with Gasteiger partial charge in [0.25, 0.3) is 0 Å². The van der Waals surface area contributed by atoms with E-state index in [1.165, 1.54) is 0 Å². The number of benzene rings is 1. The van der Waals surface area contributed by atoms with E-state index in [1.54, 1.807) is 6.92 Å². The molecule has 0 aliphatic heterocycles. The first kappa shape index (κ1) is 13.8. The highest BCUT2D eigenvalue weighted by Gasteiger charge is 2.11. The molecule has 1 rings (SSSR count). The lowest BCUT2D eigenvalue weighted by Gasteiger charge is -2.10. The second kappa shape index (κ2) is 5.90. The van der Waals surface area contributed by atoms with Crippen LogP contribution in [0.25, 0.3) is 0 Å². The number of Topliss-reactive ketones (excluding diaryl/α,β-unsaturated/α-hetero) is 1. The number of nitrogens with two attached hydrogens (primary N) is 1. The molecule has 0 aromatic heterocycles. The summed E-state index contributed by atoms with van der Waals surface area (Å²) in [4.78, 5) is 11.4. The maximum Gasteiger partial charge on any atom is 0.167 e. The van der Waals surface area contributed by atoms with Crippen LogP contribution in [0.15, 0.2) is 29.6 Å². The summed E-state index contributed by atoms with van der Waals surface area (Å²) < 4.78 is 26.0. The summed E-state index contributed by atoms with van der Waals surface area (Å²) in [5.41, 5.74) is 5.48. The summed E-state index contributed by atoms with van der Waals surface area (Å²) in [6.07, 6.45) is 0.981. The smallest absolute Gasteiger partial charge is 0.167 e.